The van der Waals surface area contributed by atoms with Crippen molar-refractivity contribution >= 4 is 22.8 Å². The van der Waals surface area contributed by atoms with E-state index in [9.17, 15) is 14.3 Å². The molecule has 152 valence electrons. The van der Waals surface area contributed by atoms with Crippen LogP contribution in [-0.4, -0.2) is 37.7 Å². The molecule has 0 bridgehead atoms. The molecule has 0 unspecified atom stereocenters. The molecule has 0 aliphatic carbocycles. The number of anilines is 1. The van der Waals surface area contributed by atoms with Gasteiger partial charge in [-0.3, -0.25) is 4.57 Å². The first-order valence-electron chi connectivity index (χ1n) is 9.09. The molecule has 0 aliphatic heterocycles. The first-order valence-corrected chi connectivity index (χ1v) is 9.09. The van der Waals surface area contributed by atoms with E-state index in [-0.39, 0.29) is 29.3 Å². The summed E-state index contributed by atoms with van der Waals surface area (Å²) in [5, 5.41) is 13.1. The van der Waals surface area contributed by atoms with Crippen LogP contribution in [0.3, 0.4) is 0 Å². The maximum Gasteiger partial charge on any atom is 0.336 e. The second-order valence-corrected chi connectivity index (χ2v) is 6.59. The quantitative estimate of drug-likeness (QED) is 0.504. The van der Waals surface area contributed by atoms with E-state index in [0.29, 0.717) is 17.4 Å². The fourth-order valence-corrected chi connectivity index (χ4v) is 3.26. The van der Waals surface area contributed by atoms with Crippen molar-refractivity contribution in [2.24, 2.45) is 0 Å². The van der Waals surface area contributed by atoms with E-state index < -0.39 is 5.97 Å². The Labute approximate surface area is 171 Å². The summed E-state index contributed by atoms with van der Waals surface area (Å²) in [5.74, 6) is -0.814. The normalized spacial score (nSPS) is 10.9. The van der Waals surface area contributed by atoms with Crippen LogP contribution in [0, 0.1) is 12.7 Å². The van der Waals surface area contributed by atoms with Crippen LogP contribution in [-0.2, 0) is 6.54 Å². The molecule has 0 saturated carbocycles. The van der Waals surface area contributed by atoms with Gasteiger partial charge >= 0.3 is 12.0 Å². The zero-order valence-corrected chi connectivity index (χ0v) is 16.3. The Morgan fingerprint density at radius 3 is 2.70 bits per heavy atom. The van der Waals surface area contributed by atoms with Gasteiger partial charge in [-0.2, -0.15) is 15.0 Å². The lowest BCUT2D eigenvalue weighted by Gasteiger charge is -2.11. The van der Waals surface area contributed by atoms with Gasteiger partial charge in [0.1, 0.15) is 5.82 Å². The van der Waals surface area contributed by atoms with Crippen LogP contribution < -0.4 is 10.1 Å². The molecule has 4 rings (SSSR count). The molecule has 0 aliphatic rings. The second-order valence-electron chi connectivity index (χ2n) is 6.59. The van der Waals surface area contributed by atoms with Crippen molar-refractivity contribution in [1.29, 1.82) is 0 Å². The third kappa shape index (κ3) is 3.64. The third-order valence-electron chi connectivity index (χ3n) is 4.59. The molecule has 2 aromatic heterocycles. The van der Waals surface area contributed by atoms with Gasteiger partial charge in [0.15, 0.2) is 0 Å². The number of carboxylic acids is 1. The first-order chi connectivity index (χ1) is 14.5. The second kappa shape index (κ2) is 7.78. The van der Waals surface area contributed by atoms with Crippen LogP contribution >= 0.6 is 0 Å². The van der Waals surface area contributed by atoms with Gasteiger partial charge in [-0.05, 0) is 42.8 Å². The number of carboxylic acid groups (broad SMARTS) is 1. The fourth-order valence-electron chi connectivity index (χ4n) is 3.26. The lowest BCUT2D eigenvalue weighted by atomic mass is 10.1. The summed E-state index contributed by atoms with van der Waals surface area (Å²) in [6.07, 6.45) is 0. The third-order valence-corrected chi connectivity index (χ3v) is 4.59. The van der Waals surface area contributed by atoms with Crippen molar-refractivity contribution in [2.75, 3.05) is 12.4 Å². The van der Waals surface area contributed by atoms with Gasteiger partial charge in [0.05, 0.1) is 18.2 Å². The predicted octanol–water partition coefficient (Wildman–Crippen LogP) is 3.58. The average molecular weight is 407 g/mol. The summed E-state index contributed by atoms with van der Waals surface area (Å²) in [6.45, 7) is 2.14. The molecule has 0 fully saturated rings. The minimum atomic E-state index is -1.01. The van der Waals surface area contributed by atoms with Crippen molar-refractivity contribution in [3.05, 3.63) is 71.2 Å². The number of aromatic carboxylic acids is 1. The summed E-state index contributed by atoms with van der Waals surface area (Å²) >= 11 is 0. The van der Waals surface area contributed by atoms with Gasteiger partial charge < -0.3 is 15.2 Å². The Balaban J connectivity index is 1.76. The van der Waals surface area contributed by atoms with E-state index in [1.807, 2.05) is 6.92 Å². The molecule has 9 heteroatoms. The molecule has 2 N–H and O–H groups in total. The Morgan fingerprint density at radius 2 is 1.97 bits per heavy atom. The number of nitrogens with zero attached hydrogens (tertiary/aromatic N) is 4. The summed E-state index contributed by atoms with van der Waals surface area (Å²) in [5.41, 5.74) is 2.32. The average Bonchev–Trinajstić information content (AvgIpc) is 3.07. The molecule has 30 heavy (non-hydrogen) atoms. The number of rotatable bonds is 6. The fraction of sp³-hybridized carbons (Fsp3) is 0.143. The number of aryl methyl sites for hydroxylation is 1. The molecule has 4 aromatic rings. The maximum absolute atomic E-state index is 13.4. The SMILES string of the molecule is COc1nc(NCc2cccc(F)c2)nc(-n2c(C)cc3c(C(=O)O)cccc32)n1. The van der Waals surface area contributed by atoms with Gasteiger partial charge in [0, 0.05) is 17.6 Å². The van der Waals surface area contributed by atoms with Gasteiger partial charge in [-0.25, -0.2) is 9.18 Å². The lowest BCUT2D eigenvalue weighted by Crippen LogP contribution is -2.11. The van der Waals surface area contributed by atoms with Crippen LogP contribution in [0.1, 0.15) is 21.6 Å². The molecule has 0 saturated heterocycles. The Bertz CT molecular complexity index is 1250. The standard InChI is InChI=1S/C21H18FN5O3/c1-12-9-16-15(18(28)29)7-4-8-17(16)27(12)20-24-19(25-21(26-20)30-2)23-11-13-5-3-6-14(22)10-13/h3-10H,11H2,1-2H3,(H,28,29)(H,23,24,25,26). The van der Waals surface area contributed by atoms with Crippen LogP contribution in [0.4, 0.5) is 10.3 Å². The number of hydrogen-bond donors (Lipinski definition) is 2. The number of carbonyl (C=O) groups is 1. The topological polar surface area (TPSA) is 102 Å². The van der Waals surface area contributed by atoms with E-state index in [1.54, 1.807) is 41.0 Å². The first kappa shape index (κ1) is 19.3. The minimum Gasteiger partial charge on any atom is -0.478 e. The van der Waals surface area contributed by atoms with Crippen molar-refractivity contribution < 1.29 is 19.0 Å². The van der Waals surface area contributed by atoms with Crippen molar-refractivity contribution in [3.63, 3.8) is 0 Å². The Kier molecular flexibility index (Phi) is 5.01. The van der Waals surface area contributed by atoms with E-state index in [4.69, 9.17) is 4.74 Å². The highest BCUT2D eigenvalue weighted by Gasteiger charge is 2.17. The number of ether oxygens (including phenoxy) is 1. The summed E-state index contributed by atoms with van der Waals surface area (Å²) < 4.78 is 20.4. The van der Waals surface area contributed by atoms with E-state index in [2.05, 4.69) is 20.3 Å². The smallest absolute Gasteiger partial charge is 0.336 e. The molecule has 2 heterocycles. The van der Waals surface area contributed by atoms with Gasteiger partial charge in [0.25, 0.3) is 0 Å². The number of halogens is 1. The monoisotopic (exact) mass is 407 g/mol. The number of fused-ring (bicyclic) bond motifs is 1. The van der Waals surface area contributed by atoms with Crippen molar-refractivity contribution in [1.82, 2.24) is 19.5 Å². The van der Waals surface area contributed by atoms with Gasteiger partial charge in [-0.15, -0.1) is 0 Å². The lowest BCUT2D eigenvalue weighted by molar-refractivity contribution is 0.0699. The summed E-state index contributed by atoms with van der Waals surface area (Å²) in [7, 11) is 1.44. The largest absolute Gasteiger partial charge is 0.478 e. The highest BCUT2D eigenvalue weighted by molar-refractivity contribution is 6.03. The van der Waals surface area contributed by atoms with E-state index in [1.165, 1.54) is 19.2 Å². The molecule has 0 radical (unpaired) electrons. The Hall–Kier alpha value is -4.01. The molecular formula is C21H18FN5O3. The maximum atomic E-state index is 13.4. The van der Waals surface area contributed by atoms with Gasteiger partial charge in [-0.1, -0.05) is 18.2 Å². The Morgan fingerprint density at radius 1 is 1.17 bits per heavy atom. The van der Waals surface area contributed by atoms with E-state index in [0.717, 1.165) is 11.3 Å². The van der Waals surface area contributed by atoms with Crippen molar-refractivity contribution in [3.8, 4) is 12.0 Å². The van der Waals surface area contributed by atoms with Gasteiger partial charge in [0.2, 0.25) is 11.9 Å². The molecule has 0 atom stereocenters. The number of methoxy groups -OCH3 is 1. The number of aromatic nitrogens is 4. The summed E-state index contributed by atoms with van der Waals surface area (Å²) in [4.78, 5) is 24.5. The van der Waals surface area contributed by atoms with E-state index >= 15 is 0 Å². The molecule has 8 nitrogen and oxygen atoms in total. The number of benzene rings is 2. The van der Waals surface area contributed by atoms with Crippen LogP contribution in [0.25, 0.3) is 16.9 Å². The zero-order chi connectivity index (χ0) is 21.3. The molecule has 0 amide bonds. The minimum absolute atomic E-state index is 0.0948. The van der Waals surface area contributed by atoms with Crippen LogP contribution in [0.2, 0.25) is 0 Å². The predicted molar refractivity (Wildman–Crippen MR) is 109 cm³/mol. The molecular weight excluding hydrogens is 389 g/mol. The molecule has 2 aromatic carbocycles. The number of nitrogens with one attached hydrogen (secondary N) is 1. The van der Waals surface area contributed by atoms with Crippen LogP contribution in [0.15, 0.2) is 48.5 Å². The van der Waals surface area contributed by atoms with Crippen LogP contribution in [0.5, 0.6) is 6.01 Å². The highest BCUT2D eigenvalue weighted by atomic mass is 19.1. The molecule has 0 spiro atoms. The van der Waals surface area contributed by atoms with Crippen molar-refractivity contribution in [2.45, 2.75) is 13.5 Å². The zero-order valence-electron chi connectivity index (χ0n) is 16.3. The number of hydrogen-bond acceptors (Lipinski definition) is 6. The summed E-state index contributed by atoms with van der Waals surface area (Å²) in [6, 6.07) is 13.1. The highest BCUT2D eigenvalue weighted by Crippen LogP contribution is 2.26.